The first-order valence-corrected chi connectivity index (χ1v) is 6.32. The number of nitrogens with zero attached hydrogens (tertiary/aromatic N) is 1. The summed E-state index contributed by atoms with van der Waals surface area (Å²) in [7, 11) is 0. The lowest BCUT2D eigenvalue weighted by Gasteiger charge is -2.15. The molecule has 19 heavy (non-hydrogen) atoms. The zero-order valence-electron chi connectivity index (χ0n) is 10.2. The van der Waals surface area contributed by atoms with Crippen molar-refractivity contribution in [2.45, 2.75) is 13.0 Å². The summed E-state index contributed by atoms with van der Waals surface area (Å²) in [5.74, 6) is -0.0108. The molecule has 0 aliphatic heterocycles. The standard InChI is InChI=1S/C12H15ClN2O4/c13-2-1-8-4-15(11(19)14-10(8)18)6-12(7-17)3-9(12)5-16/h1-2,4,9,16-17H,3,5-7H2,(H,14,18,19). The first kappa shape index (κ1) is 14.0. The SMILES string of the molecule is O=c1[nH]c(=O)n(CC2(CO)CC2CO)cc1C=CCl. The topological polar surface area (TPSA) is 95.3 Å². The molecule has 3 N–H and O–H groups in total. The van der Waals surface area contributed by atoms with E-state index in [9.17, 15) is 14.7 Å². The van der Waals surface area contributed by atoms with Gasteiger partial charge >= 0.3 is 5.69 Å². The largest absolute Gasteiger partial charge is 0.396 e. The van der Waals surface area contributed by atoms with E-state index in [2.05, 4.69) is 4.98 Å². The van der Waals surface area contributed by atoms with Crippen LogP contribution in [0.25, 0.3) is 6.08 Å². The molecular weight excluding hydrogens is 272 g/mol. The van der Waals surface area contributed by atoms with Crippen molar-refractivity contribution in [3.63, 3.8) is 0 Å². The van der Waals surface area contributed by atoms with Gasteiger partial charge in [0.25, 0.3) is 5.56 Å². The van der Waals surface area contributed by atoms with E-state index in [1.54, 1.807) is 0 Å². The second-order valence-corrected chi connectivity index (χ2v) is 5.12. The third kappa shape index (κ3) is 2.65. The summed E-state index contributed by atoms with van der Waals surface area (Å²) < 4.78 is 1.33. The van der Waals surface area contributed by atoms with Crippen LogP contribution in [0.2, 0.25) is 0 Å². The van der Waals surface area contributed by atoms with E-state index in [-0.39, 0.29) is 31.2 Å². The number of hydrogen-bond donors (Lipinski definition) is 3. The van der Waals surface area contributed by atoms with Gasteiger partial charge in [-0.2, -0.15) is 0 Å². The Morgan fingerprint density at radius 2 is 2.26 bits per heavy atom. The molecule has 0 spiro atoms. The number of nitrogens with one attached hydrogen (secondary N) is 1. The monoisotopic (exact) mass is 286 g/mol. The van der Waals surface area contributed by atoms with Crippen molar-refractivity contribution in [3.8, 4) is 0 Å². The number of aliphatic hydroxyl groups is 2. The summed E-state index contributed by atoms with van der Waals surface area (Å²) in [6, 6.07) is 0. The maximum absolute atomic E-state index is 11.7. The summed E-state index contributed by atoms with van der Waals surface area (Å²) in [6.07, 6.45) is 3.45. The molecule has 1 aliphatic carbocycles. The van der Waals surface area contributed by atoms with E-state index in [1.807, 2.05) is 0 Å². The van der Waals surface area contributed by atoms with Crippen LogP contribution in [0.1, 0.15) is 12.0 Å². The predicted molar refractivity (Wildman–Crippen MR) is 70.9 cm³/mol. The fraction of sp³-hybridized carbons (Fsp3) is 0.500. The number of aliphatic hydroxyl groups excluding tert-OH is 2. The first-order valence-electron chi connectivity index (χ1n) is 5.88. The second kappa shape index (κ2) is 5.32. The molecule has 0 radical (unpaired) electrons. The average molecular weight is 287 g/mol. The van der Waals surface area contributed by atoms with Crippen molar-refractivity contribution in [1.29, 1.82) is 0 Å². The van der Waals surface area contributed by atoms with Crippen molar-refractivity contribution in [2.24, 2.45) is 11.3 Å². The fourth-order valence-electron chi connectivity index (χ4n) is 2.30. The minimum absolute atomic E-state index is 0.0108. The highest BCUT2D eigenvalue weighted by atomic mass is 35.5. The van der Waals surface area contributed by atoms with E-state index in [1.165, 1.54) is 22.4 Å². The summed E-state index contributed by atoms with van der Waals surface area (Å²) >= 11 is 5.42. The van der Waals surface area contributed by atoms with Gasteiger partial charge in [0.2, 0.25) is 0 Å². The van der Waals surface area contributed by atoms with Gasteiger partial charge < -0.3 is 10.2 Å². The highest BCUT2D eigenvalue weighted by molar-refractivity contribution is 6.27. The van der Waals surface area contributed by atoms with Crippen molar-refractivity contribution >= 4 is 17.7 Å². The number of rotatable bonds is 5. The second-order valence-electron chi connectivity index (χ2n) is 4.87. The van der Waals surface area contributed by atoms with Gasteiger partial charge in [0, 0.05) is 30.3 Å². The molecule has 2 unspecified atom stereocenters. The first-order chi connectivity index (χ1) is 9.06. The van der Waals surface area contributed by atoms with E-state index in [0.29, 0.717) is 6.42 Å². The van der Waals surface area contributed by atoms with Gasteiger partial charge in [0.15, 0.2) is 0 Å². The Hall–Kier alpha value is -1.37. The molecule has 1 fully saturated rings. The molecule has 2 rings (SSSR count). The molecule has 2 atom stereocenters. The third-order valence-electron chi connectivity index (χ3n) is 3.66. The predicted octanol–water partition coefficient (Wildman–Crippen LogP) is -0.263. The highest BCUT2D eigenvalue weighted by Gasteiger charge is 2.53. The van der Waals surface area contributed by atoms with Gasteiger partial charge in [-0.25, -0.2) is 4.79 Å². The lowest BCUT2D eigenvalue weighted by Crippen LogP contribution is -2.34. The van der Waals surface area contributed by atoms with Crippen molar-refractivity contribution in [2.75, 3.05) is 13.2 Å². The molecule has 104 valence electrons. The number of halogens is 1. The maximum atomic E-state index is 11.7. The van der Waals surface area contributed by atoms with Gasteiger partial charge in [-0.3, -0.25) is 14.3 Å². The zero-order valence-corrected chi connectivity index (χ0v) is 10.9. The van der Waals surface area contributed by atoms with Crippen LogP contribution >= 0.6 is 11.6 Å². The molecule has 0 bridgehead atoms. The lowest BCUT2D eigenvalue weighted by atomic mass is 10.1. The number of aromatic nitrogens is 2. The molecule has 0 aromatic carbocycles. The maximum Gasteiger partial charge on any atom is 0.328 e. The molecule has 1 saturated carbocycles. The summed E-state index contributed by atoms with van der Waals surface area (Å²) in [4.78, 5) is 25.4. The van der Waals surface area contributed by atoms with Crippen LogP contribution in [0, 0.1) is 11.3 Å². The zero-order chi connectivity index (χ0) is 14.0. The van der Waals surface area contributed by atoms with Crippen LogP contribution in [0.4, 0.5) is 0 Å². The van der Waals surface area contributed by atoms with Crippen LogP contribution < -0.4 is 11.2 Å². The Kier molecular flexibility index (Phi) is 3.93. The van der Waals surface area contributed by atoms with Gasteiger partial charge in [0.1, 0.15) is 0 Å². The number of H-pyrrole nitrogens is 1. The van der Waals surface area contributed by atoms with E-state index < -0.39 is 16.7 Å². The minimum atomic E-state index is -0.534. The Balaban J connectivity index is 2.33. The van der Waals surface area contributed by atoms with E-state index in [4.69, 9.17) is 16.7 Å². The Bertz CT molecular complexity index is 606. The quantitative estimate of drug-likeness (QED) is 0.695. The van der Waals surface area contributed by atoms with E-state index in [0.717, 1.165) is 0 Å². The molecule has 0 saturated heterocycles. The molecule has 1 aromatic heterocycles. The summed E-state index contributed by atoms with van der Waals surface area (Å²) in [6.45, 7) is 0.130. The van der Waals surface area contributed by atoms with Crippen molar-refractivity contribution < 1.29 is 10.2 Å². The van der Waals surface area contributed by atoms with Gasteiger partial charge in [-0.15, -0.1) is 0 Å². The van der Waals surface area contributed by atoms with Crippen LogP contribution in [0.5, 0.6) is 0 Å². The molecule has 1 heterocycles. The Labute approximate surface area is 114 Å². The fourth-order valence-corrected chi connectivity index (χ4v) is 2.43. The van der Waals surface area contributed by atoms with Gasteiger partial charge in [-0.1, -0.05) is 11.6 Å². The van der Waals surface area contributed by atoms with Gasteiger partial charge in [-0.05, 0) is 18.4 Å². The number of aromatic amines is 1. The van der Waals surface area contributed by atoms with Crippen LogP contribution in [-0.2, 0) is 6.54 Å². The number of hydrogen-bond acceptors (Lipinski definition) is 4. The molecule has 0 amide bonds. The van der Waals surface area contributed by atoms with Crippen LogP contribution in [0.15, 0.2) is 21.3 Å². The van der Waals surface area contributed by atoms with Crippen LogP contribution in [0.3, 0.4) is 0 Å². The third-order valence-corrected chi connectivity index (χ3v) is 3.79. The molecule has 1 aliphatic rings. The molecule has 6 nitrogen and oxygen atoms in total. The molecule has 7 heteroatoms. The minimum Gasteiger partial charge on any atom is -0.396 e. The normalized spacial score (nSPS) is 25.9. The summed E-state index contributed by atoms with van der Waals surface area (Å²) in [5.41, 5.74) is -0.0594. The van der Waals surface area contributed by atoms with Crippen LogP contribution in [-0.4, -0.2) is 33.0 Å². The Morgan fingerprint density at radius 1 is 1.53 bits per heavy atom. The van der Waals surface area contributed by atoms with Crippen molar-refractivity contribution in [1.82, 2.24) is 9.55 Å². The average Bonchev–Trinajstić information content (AvgIpc) is 3.09. The lowest BCUT2D eigenvalue weighted by molar-refractivity contribution is 0.156. The molecular formula is C12H15ClN2O4. The highest BCUT2D eigenvalue weighted by Crippen LogP contribution is 2.52. The summed E-state index contributed by atoms with van der Waals surface area (Å²) in [5, 5.41) is 18.5. The van der Waals surface area contributed by atoms with Crippen molar-refractivity contribution in [3.05, 3.63) is 38.1 Å². The Morgan fingerprint density at radius 3 is 2.79 bits per heavy atom. The van der Waals surface area contributed by atoms with Gasteiger partial charge in [0.05, 0.1) is 12.2 Å². The van der Waals surface area contributed by atoms with E-state index >= 15 is 0 Å². The molecule has 1 aromatic rings. The smallest absolute Gasteiger partial charge is 0.328 e.